The highest BCUT2D eigenvalue weighted by Gasteiger charge is 2.39. The topological polar surface area (TPSA) is 83.0 Å². The van der Waals surface area contributed by atoms with E-state index in [-0.39, 0.29) is 22.7 Å². The number of piperazine rings is 1. The molecule has 2 aromatic rings. The second-order valence-corrected chi connectivity index (χ2v) is 10.4. The lowest BCUT2D eigenvalue weighted by atomic mass is 10.1. The molecule has 0 radical (unpaired) electrons. The number of hydrogen-bond donors (Lipinski definition) is 1. The normalized spacial score (nSPS) is 27.9. The van der Waals surface area contributed by atoms with Crippen LogP contribution in [0.25, 0.3) is 0 Å². The molecule has 4 aliphatic heterocycles. The van der Waals surface area contributed by atoms with E-state index in [0.29, 0.717) is 26.1 Å². The molecule has 12 heteroatoms. The van der Waals surface area contributed by atoms with Crippen LogP contribution in [0.1, 0.15) is 24.5 Å². The van der Waals surface area contributed by atoms with Gasteiger partial charge in [-0.25, -0.2) is 15.0 Å². The van der Waals surface area contributed by atoms with Crippen LogP contribution in [-0.4, -0.2) is 83.6 Å². The van der Waals surface area contributed by atoms with Crippen molar-refractivity contribution in [3.63, 3.8) is 0 Å². The first-order chi connectivity index (χ1) is 18.2. The summed E-state index contributed by atoms with van der Waals surface area (Å²) in [5, 5.41) is 17.2. The number of alkyl halides is 3. The maximum absolute atomic E-state index is 13.9. The van der Waals surface area contributed by atoms with Gasteiger partial charge < -0.3 is 25.0 Å². The minimum absolute atomic E-state index is 0.180. The molecule has 1 aromatic carbocycles. The fraction of sp³-hybridized carbons (Fsp3) is 0.500. The molecular weight excluding hydrogens is 497 g/mol. The molecule has 1 N–H and O–H groups in total. The van der Waals surface area contributed by atoms with Gasteiger partial charge in [0.1, 0.15) is 5.69 Å². The van der Waals surface area contributed by atoms with Crippen molar-refractivity contribution in [3.05, 3.63) is 59.2 Å². The van der Waals surface area contributed by atoms with Crippen LogP contribution in [0, 0.1) is 5.21 Å². The highest BCUT2D eigenvalue weighted by Crippen LogP contribution is 2.39. The molecule has 4 aliphatic rings. The summed E-state index contributed by atoms with van der Waals surface area (Å²) in [6.45, 7) is 7.23. The number of nitrogens with zero attached hydrogens (tertiary/aromatic N) is 7. The highest BCUT2D eigenvalue weighted by molar-refractivity contribution is 5.82. The molecule has 1 aromatic heterocycles. The van der Waals surface area contributed by atoms with Gasteiger partial charge in [-0.1, -0.05) is 0 Å². The fourth-order valence-electron chi connectivity index (χ4n) is 5.88. The van der Waals surface area contributed by atoms with Crippen LogP contribution < -0.4 is 14.9 Å². The van der Waals surface area contributed by atoms with E-state index in [2.05, 4.69) is 37.0 Å². The van der Waals surface area contributed by atoms with Gasteiger partial charge in [-0.05, 0) is 31.1 Å². The molecule has 0 saturated carbocycles. The number of aromatic nitrogens is 2. The number of benzene rings is 1. The van der Waals surface area contributed by atoms with Crippen LogP contribution in [0.15, 0.2) is 47.9 Å². The Kier molecular flexibility index (Phi) is 6.28. The van der Waals surface area contributed by atoms with Crippen LogP contribution in [-0.2, 0) is 12.6 Å². The Bertz CT molecular complexity index is 1240. The molecule has 202 valence electrons. The summed E-state index contributed by atoms with van der Waals surface area (Å²) in [6, 6.07) is 6.12. The van der Waals surface area contributed by atoms with Crippen molar-refractivity contribution in [1.29, 1.82) is 0 Å². The Hall–Kier alpha value is -3.22. The number of quaternary nitrogens is 1. The monoisotopic (exact) mass is 528 g/mol. The van der Waals surface area contributed by atoms with Gasteiger partial charge in [-0.15, -0.1) is 0 Å². The Morgan fingerprint density at radius 1 is 1.08 bits per heavy atom. The summed E-state index contributed by atoms with van der Waals surface area (Å²) in [6.07, 6.45) is 2.67. The van der Waals surface area contributed by atoms with Crippen molar-refractivity contribution in [2.75, 3.05) is 50.7 Å². The third-order valence-electron chi connectivity index (χ3n) is 8.01. The smallest absolute Gasteiger partial charge is 0.419 e. The zero-order chi connectivity index (χ0) is 26.5. The third kappa shape index (κ3) is 4.72. The molecule has 0 amide bonds. The molecule has 2 fully saturated rings. The number of aliphatic imine (C=N–C) groups is 1. The molecule has 38 heavy (non-hydrogen) atoms. The van der Waals surface area contributed by atoms with Crippen LogP contribution in [0.4, 0.5) is 30.5 Å². The number of nitrogens with one attached hydrogen (secondary N) is 1. The summed E-state index contributed by atoms with van der Waals surface area (Å²) in [4.78, 5) is 19.1. The van der Waals surface area contributed by atoms with Crippen LogP contribution in [0.3, 0.4) is 0 Å². The Balaban J connectivity index is 1.10. The predicted molar refractivity (Wildman–Crippen MR) is 140 cm³/mol. The zero-order valence-corrected chi connectivity index (χ0v) is 21.2. The van der Waals surface area contributed by atoms with Gasteiger partial charge >= 0.3 is 6.18 Å². The van der Waals surface area contributed by atoms with E-state index in [1.54, 1.807) is 0 Å². The van der Waals surface area contributed by atoms with E-state index >= 15 is 0 Å². The molecule has 2 saturated heterocycles. The summed E-state index contributed by atoms with van der Waals surface area (Å²) in [7, 11) is 0. The molecule has 5 heterocycles. The van der Waals surface area contributed by atoms with Crippen LogP contribution in [0.2, 0.25) is 0 Å². The average Bonchev–Trinajstić information content (AvgIpc) is 3.53. The first kappa shape index (κ1) is 25.1. The maximum Gasteiger partial charge on any atom is 0.419 e. The quantitative estimate of drug-likeness (QED) is 0.484. The lowest BCUT2D eigenvalue weighted by Crippen LogP contribution is -2.55. The number of halogens is 3. The van der Waals surface area contributed by atoms with Crippen molar-refractivity contribution in [3.8, 4) is 0 Å². The van der Waals surface area contributed by atoms with E-state index in [4.69, 9.17) is 0 Å². The molecule has 9 nitrogen and oxygen atoms in total. The van der Waals surface area contributed by atoms with Crippen LogP contribution in [0.5, 0.6) is 0 Å². The highest BCUT2D eigenvalue weighted by atomic mass is 19.4. The molecule has 0 bridgehead atoms. The molecule has 0 spiro atoms. The van der Waals surface area contributed by atoms with Crippen molar-refractivity contribution >= 4 is 23.3 Å². The SMILES string of the molecule is CC1C=CNC(N2CCN(C3CC[N+]([O-])(c4ccc5c(c4)CCN5c4ncc(C(F)(F)F)cn4)C3)CC2)=N1. The first-order valence-corrected chi connectivity index (χ1v) is 13.1. The minimum atomic E-state index is -4.47. The Morgan fingerprint density at radius 3 is 2.55 bits per heavy atom. The van der Waals surface area contributed by atoms with Gasteiger partial charge in [0.15, 0.2) is 5.96 Å². The first-order valence-electron chi connectivity index (χ1n) is 13.1. The number of anilines is 2. The van der Waals surface area contributed by atoms with Gasteiger partial charge in [-0.3, -0.25) is 4.90 Å². The predicted octanol–water partition coefficient (Wildman–Crippen LogP) is 3.25. The van der Waals surface area contributed by atoms with Crippen molar-refractivity contribution in [2.45, 2.75) is 38.0 Å². The van der Waals surface area contributed by atoms with E-state index < -0.39 is 11.7 Å². The maximum atomic E-state index is 13.9. The van der Waals surface area contributed by atoms with Gasteiger partial charge in [-0.2, -0.15) is 13.2 Å². The molecule has 0 aliphatic carbocycles. The standard InChI is InChI=1S/C26H31F3N8O/c1-18-4-7-30-25(33-18)35-11-9-34(10-12-35)21-6-13-37(38,17-21)22-2-3-23-19(14-22)5-8-36(23)24-31-15-20(16-32-24)26(27,28)29/h2-4,7,14-16,18,21H,5-6,8-13,17H2,1H3,(H,30,33). The number of fused-ring (bicyclic) bond motifs is 1. The van der Waals surface area contributed by atoms with Gasteiger partial charge in [0.25, 0.3) is 0 Å². The second kappa shape index (κ2) is 9.51. The van der Waals surface area contributed by atoms with Gasteiger partial charge in [0.2, 0.25) is 5.95 Å². The summed E-state index contributed by atoms with van der Waals surface area (Å²) >= 11 is 0. The zero-order valence-electron chi connectivity index (χ0n) is 21.2. The molecule has 6 rings (SSSR count). The van der Waals surface area contributed by atoms with E-state index in [0.717, 1.165) is 67.9 Å². The summed E-state index contributed by atoms with van der Waals surface area (Å²) in [5.74, 6) is 1.16. The van der Waals surface area contributed by atoms with Crippen LogP contribution >= 0.6 is 0 Å². The van der Waals surface area contributed by atoms with Crippen molar-refractivity contribution < 1.29 is 13.2 Å². The second-order valence-electron chi connectivity index (χ2n) is 10.4. The lowest BCUT2D eigenvalue weighted by molar-refractivity contribution is -0.138. The van der Waals surface area contributed by atoms with E-state index in [1.165, 1.54) is 0 Å². The third-order valence-corrected chi connectivity index (χ3v) is 8.01. The average molecular weight is 529 g/mol. The van der Waals surface area contributed by atoms with E-state index in [9.17, 15) is 18.4 Å². The molecular formula is C26H31F3N8O. The largest absolute Gasteiger partial charge is 0.627 e. The van der Waals surface area contributed by atoms with E-state index in [1.807, 2.05) is 35.4 Å². The minimum Gasteiger partial charge on any atom is -0.627 e. The molecule has 3 unspecified atom stereocenters. The number of guanidine groups is 1. The lowest BCUT2D eigenvalue weighted by Gasteiger charge is -2.42. The fourth-order valence-corrected chi connectivity index (χ4v) is 5.88. The van der Waals surface area contributed by atoms with Gasteiger partial charge in [0.05, 0.1) is 30.7 Å². The number of rotatable bonds is 3. The van der Waals surface area contributed by atoms with Crippen molar-refractivity contribution in [2.24, 2.45) is 4.99 Å². The summed E-state index contributed by atoms with van der Waals surface area (Å²) in [5.41, 5.74) is 1.71. The Morgan fingerprint density at radius 2 is 1.84 bits per heavy atom. The number of hydrogen-bond acceptors (Lipinski definition) is 8. The Labute approximate surface area is 219 Å². The van der Waals surface area contributed by atoms with Gasteiger partial charge in [0, 0.05) is 75.6 Å². The van der Waals surface area contributed by atoms with Crippen molar-refractivity contribution in [1.82, 2.24) is 29.7 Å². The summed E-state index contributed by atoms with van der Waals surface area (Å²) < 4.78 is 38.3. The molecule has 3 atom stereocenters. The number of hydroxylamine groups is 2.